The average Bonchev–Trinajstić information content (AvgIpc) is 2.45. The predicted molar refractivity (Wildman–Crippen MR) is 75.1 cm³/mol. The number of halogens is 2. The molecular formula is C15H15F2NO3. The van der Waals surface area contributed by atoms with Crippen LogP contribution in [0.2, 0.25) is 0 Å². The van der Waals surface area contributed by atoms with E-state index in [1.54, 1.807) is 30.3 Å². The summed E-state index contributed by atoms with van der Waals surface area (Å²) in [7, 11) is 1.47. The molecular weight excluding hydrogens is 280 g/mol. The minimum absolute atomic E-state index is 0.0478. The molecule has 0 bridgehead atoms. The first kappa shape index (κ1) is 14.9. The van der Waals surface area contributed by atoms with Crippen molar-refractivity contribution in [3.05, 3.63) is 48.0 Å². The van der Waals surface area contributed by atoms with Crippen molar-refractivity contribution in [2.75, 3.05) is 12.4 Å². The van der Waals surface area contributed by atoms with Gasteiger partial charge in [0.1, 0.15) is 5.75 Å². The average molecular weight is 295 g/mol. The Hall–Kier alpha value is -2.50. The fourth-order valence-electron chi connectivity index (χ4n) is 1.83. The maximum absolute atomic E-state index is 12.1. The zero-order valence-corrected chi connectivity index (χ0v) is 11.3. The number of alkyl halides is 2. The van der Waals surface area contributed by atoms with Crippen LogP contribution >= 0.6 is 0 Å². The zero-order chi connectivity index (χ0) is 15.2. The van der Waals surface area contributed by atoms with E-state index in [4.69, 9.17) is 4.74 Å². The number of nitrogens with one attached hydrogen (secondary N) is 1. The molecule has 0 aromatic heterocycles. The molecule has 2 aromatic rings. The highest BCUT2D eigenvalue weighted by Gasteiger charge is 2.05. The first-order valence-corrected chi connectivity index (χ1v) is 6.23. The Morgan fingerprint density at radius 3 is 2.67 bits per heavy atom. The summed E-state index contributed by atoms with van der Waals surface area (Å²) in [6.45, 7) is -2.42. The van der Waals surface area contributed by atoms with Crippen LogP contribution in [0, 0.1) is 0 Å². The molecule has 0 aliphatic carbocycles. The van der Waals surface area contributed by atoms with Crippen molar-refractivity contribution in [3.63, 3.8) is 0 Å². The summed E-state index contributed by atoms with van der Waals surface area (Å²) >= 11 is 0. The molecule has 2 N–H and O–H groups in total. The highest BCUT2D eigenvalue weighted by atomic mass is 19.3. The topological polar surface area (TPSA) is 50.7 Å². The number of aromatic hydroxyl groups is 1. The van der Waals surface area contributed by atoms with Crippen molar-refractivity contribution in [1.29, 1.82) is 0 Å². The van der Waals surface area contributed by atoms with Gasteiger partial charge in [-0.1, -0.05) is 12.1 Å². The number of phenolic OH excluding ortho intramolecular Hbond substituents is 1. The molecule has 4 nitrogen and oxygen atoms in total. The van der Waals surface area contributed by atoms with Crippen LogP contribution in [0.15, 0.2) is 42.5 Å². The number of phenols is 1. The summed E-state index contributed by atoms with van der Waals surface area (Å²) in [6, 6.07) is 11.3. The Bertz CT molecular complexity index is 605. The van der Waals surface area contributed by atoms with Crippen LogP contribution in [-0.4, -0.2) is 18.8 Å². The molecule has 21 heavy (non-hydrogen) atoms. The maximum Gasteiger partial charge on any atom is 0.387 e. The van der Waals surface area contributed by atoms with Crippen LogP contribution in [-0.2, 0) is 6.54 Å². The molecule has 6 heteroatoms. The summed E-state index contributed by atoms with van der Waals surface area (Å²) in [5.74, 6) is 0.533. The highest BCUT2D eigenvalue weighted by molar-refractivity contribution is 5.49. The molecule has 0 heterocycles. The van der Waals surface area contributed by atoms with Crippen molar-refractivity contribution in [2.24, 2.45) is 0 Å². The van der Waals surface area contributed by atoms with Crippen LogP contribution in [0.5, 0.6) is 17.2 Å². The fraction of sp³-hybridized carbons (Fsp3) is 0.200. The van der Waals surface area contributed by atoms with Crippen LogP contribution < -0.4 is 14.8 Å². The minimum Gasteiger partial charge on any atom is -0.504 e. The molecule has 0 saturated heterocycles. The van der Waals surface area contributed by atoms with Gasteiger partial charge in [-0.2, -0.15) is 8.78 Å². The molecule has 2 rings (SSSR count). The van der Waals surface area contributed by atoms with Crippen LogP contribution in [0.3, 0.4) is 0 Å². The lowest BCUT2D eigenvalue weighted by molar-refractivity contribution is -0.0498. The highest BCUT2D eigenvalue weighted by Crippen LogP contribution is 2.27. The summed E-state index contributed by atoms with van der Waals surface area (Å²) in [5, 5.41) is 12.7. The van der Waals surface area contributed by atoms with Gasteiger partial charge in [-0.25, -0.2) is 0 Å². The molecule has 112 valence electrons. The second-order valence-electron chi connectivity index (χ2n) is 4.27. The molecule has 0 aliphatic heterocycles. The Morgan fingerprint density at radius 1 is 1.19 bits per heavy atom. The van der Waals surface area contributed by atoms with Gasteiger partial charge in [0, 0.05) is 18.3 Å². The van der Waals surface area contributed by atoms with E-state index in [1.165, 1.54) is 19.2 Å². The normalized spacial score (nSPS) is 10.5. The van der Waals surface area contributed by atoms with E-state index in [0.29, 0.717) is 18.0 Å². The van der Waals surface area contributed by atoms with E-state index < -0.39 is 6.61 Å². The molecule has 2 aromatic carbocycles. The number of anilines is 1. The van der Waals surface area contributed by atoms with Gasteiger partial charge < -0.3 is 19.9 Å². The molecule has 0 amide bonds. The Morgan fingerprint density at radius 2 is 2.00 bits per heavy atom. The smallest absolute Gasteiger partial charge is 0.387 e. The van der Waals surface area contributed by atoms with Gasteiger partial charge in [0.25, 0.3) is 0 Å². The van der Waals surface area contributed by atoms with E-state index in [0.717, 1.165) is 5.56 Å². The maximum atomic E-state index is 12.1. The molecule has 0 unspecified atom stereocenters. The van der Waals surface area contributed by atoms with Crippen molar-refractivity contribution >= 4 is 5.69 Å². The van der Waals surface area contributed by atoms with Crippen LogP contribution in [0.25, 0.3) is 0 Å². The third-order valence-corrected chi connectivity index (χ3v) is 2.80. The lowest BCUT2D eigenvalue weighted by atomic mass is 10.2. The first-order valence-electron chi connectivity index (χ1n) is 6.23. The third kappa shape index (κ3) is 4.24. The summed E-state index contributed by atoms with van der Waals surface area (Å²) in [6.07, 6.45) is 0. The number of hydrogen-bond acceptors (Lipinski definition) is 4. The van der Waals surface area contributed by atoms with Gasteiger partial charge in [0.05, 0.1) is 7.11 Å². The summed E-state index contributed by atoms with van der Waals surface area (Å²) in [5.41, 5.74) is 1.47. The van der Waals surface area contributed by atoms with Crippen molar-refractivity contribution in [2.45, 2.75) is 13.2 Å². The lowest BCUT2D eigenvalue weighted by Crippen LogP contribution is -2.03. The first-order chi connectivity index (χ1) is 10.1. The van der Waals surface area contributed by atoms with Crippen molar-refractivity contribution in [3.8, 4) is 17.2 Å². The van der Waals surface area contributed by atoms with E-state index >= 15 is 0 Å². The second-order valence-corrected chi connectivity index (χ2v) is 4.27. The number of methoxy groups -OCH3 is 1. The monoisotopic (exact) mass is 295 g/mol. The van der Waals surface area contributed by atoms with Gasteiger partial charge in [-0.3, -0.25) is 0 Å². The standard InChI is InChI=1S/C15H15F2NO3/c1-20-14-6-5-10(7-13(14)19)9-18-11-3-2-4-12(8-11)21-15(16)17/h2-8,15,18-19H,9H2,1H3. The van der Waals surface area contributed by atoms with Gasteiger partial charge in [0.2, 0.25) is 0 Å². The second kappa shape index (κ2) is 6.78. The van der Waals surface area contributed by atoms with E-state index in [-0.39, 0.29) is 11.5 Å². The molecule has 0 radical (unpaired) electrons. The third-order valence-electron chi connectivity index (χ3n) is 2.80. The largest absolute Gasteiger partial charge is 0.504 e. The molecule has 0 spiro atoms. The number of benzene rings is 2. The Balaban J connectivity index is 2.01. The van der Waals surface area contributed by atoms with E-state index in [1.807, 2.05) is 0 Å². The number of rotatable bonds is 6. The van der Waals surface area contributed by atoms with E-state index in [2.05, 4.69) is 10.1 Å². The zero-order valence-electron chi connectivity index (χ0n) is 11.3. The molecule has 0 saturated carbocycles. The molecule has 0 atom stereocenters. The van der Waals surface area contributed by atoms with Gasteiger partial charge in [-0.05, 0) is 29.8 Å². The number of hydrogen-bond donors (Lipinski definition) is 2. The summed E-state index contributed by atoms with van der Waals surface area (Å²) in [4.78, 5) is 0. The lowest BCUT2D eigenvalue weighted by Gasteiger charge is -2.10. The quantitative estimate of drug-likeness (QED) is 0.854. The van der Waals surface area contributed by atoms with Gasteiger partial charge in [0.15, 0.2) is 11.5 Å². The SMILES string of the molecule is COc1ccc(CNc2cccc(OC(F)F)c2)cc1O. The molecule has 0 aliphatic rings. The minimum atomic E-state index is -2.85. The van der Waals surface area contributed by atoms with Gasteiger partial charge >= 0.3 is 6.61 Å². The van der Waals surface area contributed by atoms with Crippen molar-refractivity contribution in [1.82, 2.24) is 0 Å². The Kier molecular flexibility index (Phi) is 4.81. The Labute approximate surface area is 120 Å². The summed E-state index contributed by atoms with van der Waals surface area (Å²) < 4.78 is 33.6. The van der Waals surface area contributed by atoms with Crippen LogP contribution in [0.1, 0.15) is 5.56 Å². The molecule has 0 fully saturated rings. The number of ether oxygens (including phenoxy) is 2. The fourth-order valence-corrected chi connectivity index (χ4v) is 1.83. The predicted octanol–water partition coefficient (Wildman–Crippen LogP) is 3.61. The van der Waals surface area contributed by atoms with E-state index in [9.17, 15) is 13.9 Å². The van der Waals surface area contributed by atoms with Crippen molar-refractivity contribution < 1.29 is 23.4 Å². The van der Waals surface area contributed by atoms with Gasteiger partial charge in [-0.15, -0.1) is 0 Å². The van der Waals surface area contributed by atoms with Crippen LogP contribution in [0.4, 0.5) is 14.5 Å².